The number of aryl methyl sites for hydroxylation is 1. The molecule has 0 radical (unpaired) electrons. The van der Waals surface area contributed by atoms with Crippen LogP contribution in [0.1, 0.15) is 50.8 Å². The second kappa shape index (κ2) is 8.38. The molecule has 2 aromatic heterocycles. The molecule has 2 heterocycles. The van der Waals surface area contributed by atoms with E-state index in [0.717, 1.165) is 12.0 Å². The van der Waals surface area contributed by atoms with Gasteiger partial charge < -0.3 is 14.2 Å². The minimum atomic E-state index is -0.448. The molecule has 1 aliphatic rings. The molecular weight excluding hydrogens is 429 g/mol. The number of hydrogen-bond acceptors (Lipinski definition) is 5. The van der Waals surface area contributed by atoms with Crippen LogP contribution in [-0.4, -0.2) is 17.5 Å². The van der Waals surface area contributed by atoms with Gasteiger partial charge in [0, 0.05) is 33.3 Å². The van der Waals surface area contributed by atoms with Crippen molar-refractivity contribution in [3.8, 4) is 0 Å². The van der Waals surface area contributed by atoms with Gasteiger partial charge >= 0.3 is 5.91 Å². The molecule has 0 atom stereocenters. The first kappa shape index (κ1) is 20.3. The topological polar surface area (TPSA) is 96.8 Å². The predicted octanol–water partition coefficient (Wildman–Crippen LogP) is 5.21. The van der Waals surface area contributed by atoms with Crippen molar-refractivity contribution in [3.63, 3.8) is 0 Å². The lowest BCUT2D eigenvalue weighted by molar-refractivity contribution is 0.0926. The molecular formula is C21H17Cl2N3O4. The molecule has 1 aromatic carbocycles. The van der Waals surface area contributed by atoms with E-state index in [9.17, 15) is 9.59 Å². The number of furan rings is 2. The number of hydrazone groups is 1. The summed E-state index contributed by atoms with van der Waals surface area (Å²) in [4.78, 5) is 24.9. The number of hydrogen-bond donors (Lipinski definition) is 2. The average Bonchev–Trinajstić information content (AvgIpc) is 3.34. The van der Waals surface area contributed by atoms with Crippen molar-refractivity contribution >= 4 is 46.4 Å². The van der Waals surface area contributed by atoms with Gasteiger partial charge in [-0.25, -0.2) is 5.43 Å². The minimum Gasteiger partial charge on any atom is -0.459 e. The van der Waals surface area contributed by atoms with Crippen LogP contribution in [-0.2, 0) is 6.42 Å². The van der Waals surface area contributed by atoms with E-state index >= 15 is 0 Å². The van der Waals surface area contributed by atoms with Gasteiger partial charge in [-0.1, -0.05) is 23.2 Å². The molecule has 0 unspecified atom stereocenters. The normalized spacial score (nSPS) is 14.4. The van der Waals surface area contributed by atoms with E-state index in [4.69, 9.17) is 32.0 Å². The van der Waals surface area contributed by atoms with Gasteiger partial charge in [-0.15, -0.1) is 0 Å². The highest BCUT2D eigenvalue weighted by atomic mass is 35.5. The lowest BCUT2D eigenvalue weighted by Gasteiger charge is -2.13. The highest BCUT2D eigenvalue weighted by Crippen LogP contribution is 2.31. The quantitative estimate of drug-likeness (QED) is 0.538. The van der Waals surface area contributed by atoms with Gasteiger partial charge in [-0.2, -0.15) is 5.10 Å². The van der Waals surface area contributed by atoms with Crippen molar-refractivity contribution in [1.82, 2.24) is 5.43 Å². The van der Waals surface area contributed by atoms with Gasteiger partial charge in [-0.05, 0) is 50.1 Å². The van der Waals surface area contributed by atoms with Crippen molar-refractivity contribution in [2.24, 2.45) is 5.10 Å². The first-order chi connectivity index (χ1) is 14.4. The van der Waals surface area contributed by atoms with E-state index in [1.54, 1.807) is 37.3 Å². The number of rotatable bonds is 4. The van der Waals surface area contributed by atoms with Gasteiger partial charge in [0.2, 0.25) is 0 Å². The lowest BCUT2D eigenvalue weighted by Crippen LogP contribution is -2.21. The summed E-state index contributed by atoms with van der Waals surface area (Å²) in [5.41, 5.74) is 5.02. The molecule has 3 aromatic rings. The van der Waals surface area contributed by atoms with E-state index in [1.165, 1.54) is 6.26 Å². The molecule has 0 aliphatic heterocycles. The Morgan fingerprint density at radius 2 is 1.87 bits per heavy atom. The van der Waals surface area contributed by atoms with Crippen molar-refractivity contribution in [2.75, 3.05) is 5.32 Å². The molecule has 30 heavy (non-hydrogen) atoms. The first-order valence-corrected chi connectivity index (χ1v) is 9.98. The monoisotopic (exact) mass is 445 g/mol. The first-order valence-electron chi connectivity index (χ1n) is 9.23. The van der Waals surface area contributed by atoms with Crippen LogP contribution in [0.3, 0.4) is 0 Å². The molecule has 7 nitrogen and oxygen atoms in total. The fraction of sp³-hybridized carbons (Fsp3) is 0.190. The van der Waals surface area contributed by atoms with E-state index < -0.39 is 11.8 Å². The van der Waals surface area contributed by atoms with Gasteiger partial charge in [0.1, 0.15) is 5.76 Å². The summed E-state index contributed by atoms with van der Waals surface area (Å²) in [5.74, 6) is 0.150. The predicted molar refractivity (Wildman–Crippen MR) is 114 cm³/mol. The second-order valence-corrected chi connectivity index (χ2v) is 7.67. The minimum absolute atomic E-state index is 0.166. The molecule has 1 aliphatic carbocycles. The third kappa shape index (κ3) is 4.13. The number of anilines is 1. The number of carbonyl (C=O) groups is 2. The van der Waals surface area contributed by atoms with Crippen LogP contribution >= 0.6 is 23.2 Å². The molecule has 0 fully saturated rings. The molecule has 4 rings (SSSR count). The van der Waals surface area contributed by atoms with Gasteiger partial charge in [-0.3, -0.25) is 9.59 Å². The van der Waals surface area contributed by atoms with Crippen LogP contribution in [0.2, 0.25) is 10.0 Å². The van der Waals surface area contributed by atoms with Gasteiger partial charge in [0.25, 0.3) is 5.91 Å². The molecule has 0 saturated carbocycles. The maximum Gasteiger partial charge on any atom is 0.307 e. The zero-order valence-electron chi connectivity index (χ0n) is 15.9. The zero-order valence-corrected chi connectivity index (χ0v) is 17.4. The molecule has 0 bridgehead atoms. The lowest BCUT2D eigenvalue weighted by atomic mass is 9.93. The molecule has 0 saturated heterocycles. The molecule has 2 N–H and O–H groups in total. The molecule has 9 heteroatoms. The Hall–Kier alpha value is -3.03. The second-order valence-electron chi connectivity index (χ2n) is 6.80. The Labute approximate surface area is 182 Å². The van der Waals surface area contributed by atoms with Crippen LogP contribution < -0.4 is 10.7 Å². The maximum atomic E-state index is 12.8. The smallest absolute Gasteiger partial charge is 0.307 e. The summed E-state index contributed by atoms with van der Waals surface area (Å²) >= 11 is 12.0. The van der Waals surface area contributed by atoms with Gasteiger partial charge in [0.05, 0.1) is 12.0 Å². The number of carbonyl (C=O) groups excluding carboxylic acids is 2. The summed E-state index contributed by atoms with van der Waals surface area (Å²) in [5, 5.41) is 7.83. The van der Waals surface area contributed by atoms with Crippen molar-refractivity contribution in [1.29, 1.82) is 0 Å². The Balaban J connectivity index is 1.58. The standard InChI is InChI=1S/C21H17Cl2N3O4/c1-11-18-15(25-26-20(27)17-6-3-7-29-17)4-2-5-16(18)30-19(11)21(28)24-14-9-12(22)8-13(23)10-14/h3,6-10H,2,4-5H2,1H3,(H,24,28)(H,26,27)/b25-15+. The van der Waals surface area contributed by atoms with Crippen LogP contribution in [0.15, 0.2) is 50.5 Å². The van der Waals surface area contributed by atoms with Crippen molar-refractivity contribution < 1.29 is 18.4 Å². The number of halogens is 2. The number of nitrogens with zero attached hydrogens (tertiary/aromatic N) is 1. The van der Waals surface area contributed by atoms with Crippen molar-refractivity contribution in [2.45, 2.75) is 26.2 Å². The highest BCUT2D eigenvalue weighted by Gasteiger charge is 2.28. The maximum absolute atomic E-state index is 12.8. The number of benzene rings is 1. The van der Waals surface area contributed by atoms with Crippen LogP contribution in [0, 0.1) is 6.92 Å². The van der Waals surface area contributed by atoms with Crippen LogP contribution in [0.4, 0.5) is 5.69 Å². The highest BCUT2D eigenvalue weighted by molar-refractivity contribution is 6.35. The summed E-state index contributed by atoms with van der Waals surface area (Å²) in [6.45, 7) is 1.79. The fourth-order valence-corrected chi connectivity index (χ4v) is 3.92. The zero-order chi connectivity index (χ0) is 21.3. The van der Waals surface area contributed by atoms with E-state index in [1.807, 2.05) is 0 Å². The molecule has 0 spiro atoms. The Morgan fingerprint density at radius 1 is 1.10 bits per heavy atom. The Kier molecular flexibility index (Phi) is 5.65. The largest absolute Gasteiger partial charge is 0.459 e. The Morgan fingerprint density at radius 3 is 2.57 bits per heavy atom. The number of fused-ring (bicyclic) bond motifs is 1. The summed E-state index contributed by atoms with van der Waals surface area (Å²) < 4.78 is 10.9. The van der Waals surface area contributed by atoms with Crippen LogP contribution in [0.5, 0.6) is 0 Å². The molecule has 2 amide bonds. The average molecular weight is 446 g/mol. The Bertz CT molecular complexity index is 1130. The SMILES string of the molecule is Cc1c(C(=O)Nc2cc(Cl)cc(Cl)c2)oc2c1/C(=N/NC(=O)c1ccco1)CCC2. The van der Waals surface area contributed by atoms with Gasteiger partial charge in [0.15, 0.2) is 11.5 Å². The van der Waals surface area contributed by atoms with E-state index in [-0.39, 0.29) is 11.5 Å². The fourth-order valence-electron chi connectivity index (χ4n) is 3.39. The number of amides is 2. The third-order valence-corrected chi connectivity index (χ3v) is 5.13. The third-order valence-electron chi connectivity index (χ3n) is 4.69. The van der Waals surface area contributed by atoms with E-state index in [0.29, 0.717) is 45.6 Å². The van der Waals surface area contributed by atoms with Crippen molar-refractivity contribution in [3.05, 3.63) is 75.0 Å². The van der Waals surface area contributed by atoms with Crippen LogP contribution in [0.25, 0.3) is 0 Å². The van der Waals surface area contributed by atoms with E-state index in [2.05, 4.69) is 15.8 Å². The summed E-state index contributed by atoms with van der Waals surface area (Å²) in [6.07, 6.45) is 3.54. The number of nitrogens with one attached hydrogen (secondary N) is 2. The summed E-state index contributed by atoms with van der Waals surface area (Å²) in [7, 11) is 0. The molecule has 154 valence electrons. The summed E-state index contributed by atoms with van der Waals surface area (Å²) in [6, 6.07) is 7.95.